The fourth-order valence-electron chi connectivity index (χ4n) is 2.00. The standard InChI is InChI=1S/C14H19N5O2S/c1-2-12-17-10(8-22-12)5-6-15-14(20)16-7-11-18-13(19-21-11)9-3-4-9/h8-9H,2-7H2,1H3,(H2,15,16,20). The number of aryl methyl sites for hydroxylation is 1. The van der Waals surface area contributed by atoms with Crippen LogP contribution in [0.25, 0.3) is 0 Å². The van der Waals surface area contributed by atoms with E-state index < -0.39 is 0 Å². The first kappa shape index (κ1) is 15.0. The molecule has 0 bridgehead atoms. The lowest BCUT2D eigenvalue weighted by atomic mass is 10.3. The molecule has 0 atom stereocenters. The Hall–Kier alpha value is -1.96. The molecule has 1 aliphatic rings. The van der Waals surface area contributed by atoms with Crippen molar-refractivity contribution in [1.82, 2.24) is 25.8 Å². The first-order valence-electron chi connectivity index (χ1n) is 7.52. The highest BCUT2D eigenvalue weighted by molar-refractivity contribution is 7.09. The van der Waals surface area contributed by atoms with Crippen LogP contribution in [0.5, 0.6) is 0 Å². The van der Waals surface area contributed by atoms with Gasteiger partial charge in [-0.15, -0.1) is 11.3 Å². The Bertz CT molecular complexity index is 635. The lowest BCUT2D eigenvalue weighted by molar-refractivity contribution is 0.238. The van der Waals surface area contributed by atoms with Crippen molar-refractivity contribution in [2.24, 2.45) is 0 Å². The molecule has 2 heterocycles. The fourth-order valence-corrected chi connectivity index (χ4v) is 2.78. The second-order valence-corrected chi connectivity index (χ2v) is 6.21. The molecule has 22 heavy (non-hydrogen) atoms. The number of thiazole rings is 1. The molecule has 2 aromatic rings. The SMILES string of the molecule is CCc1nc(CCNC(=O)NCc2nc(C3CC3)no2)cs1. The van der Waals surface area contributed by atoms with Crippen LogP contribution in [0.15, 0.2) is 9.90 Å². The van der Waals surface area contributed by atoms with Gasteiger partial charge in [-0.3, -0.25) is 0 Å². The van der Waals surface area contributed by atoms with E-state index in [-0.39, 0.29) is 12.6 Å². The highest BCUT2D eigenvalue weighted by atomic mass is 32.1. The van der Waals surface area contributed by atoms with E-state index >= 15 is 0 Å². The van der Waals surface area contributed by atoms with Crippen LogP contribution in [0, 0.1) is 0 Å². The fraction of sp³-hybridized carbons (Fsp3) is 0.571. The van der Waals surface area contributed by atoms with Crippen LogP contribution < -0.4 is 10.6 Å². The van der Waals surface area contributed by atoms with Crippen LogP contribution in [0.2, 0.25) is 0 Å². The summed E-state index contributed by atoms with van der Waals surface area (Å²) in [6.07, 6.45) is 3.94. The molecule has 0 aliphatic heterocycles. The van der Waals surface area contributed by atoms with Crippen molar-refractivity contribution in [2.75, 3.05) is 6.54 Å². The highest BCUT2D eigenvalue weighted by Crippen LogP contribution is 2.37. The number of carbonyl (C=O) groups is 1. The van der Waals surface area contributed by atoms with E-state index in [1.54, 1.807) is 11.3 Å². The van der Waals surface area contributed by atoms with Gasteiger partial charge in [-0.2, -0.15) is 4.98 Å². The van der Waals surface area contributed by atoms with Crippen LogP contribution in [-0.4, -0.2) is 27.7 Å². The third-order valence-corrected chi connectivity index (χ3v) is 4.44. The van der Waals surface area contributed by atoms with Gasteiger partial charge in [0, 0.05) is 24.3 Å². The minimum Gasteiger partial charge on any atom is -0.338 e. The maximum Gasteiger partial charge on any atom is 0.315 e. The smallest absolute Gasteiger partial charge is 0.315 e. The number of aromatic nitrogens is 3. The van der Waals surface area contributed by atoms with E-state index in [1.807, 2.05) is 5.38 Å². The molecule has 0 aromatic carbocycles. The van der Waals surface area contributed by atoms with E-state index in [9.17, 15) is 4.79 Å². The number of hydrogen-bond donors (Lipinski definition) is 2. The first-order chi connectivity index (χ1) is 10.7. The number of nitrogens with one attached hydrogen (secondary N) is 2. The molecule has 1 aliphatic carbocycles. The van der Waals surface area contributed by atoms with Crippen LogP contribution in [0.4, 0.5) is 4.79 Å². The number of rotatable bonds is 7. The molecule has 2 aromatic heterocycles. The zero-order valence-electron chi connectivity index (χ0n) is 12.5. The normalized spacial score (nSPS) is 14.0. The molecule has 3 rings (SSSR count). The van der Waals surface area contributed by atoms with E-state index in [4.69, 9.17) is 4.52 Å². The van der Waals surface area contributed by atoms with Crippen molar-refractivity contribution >= 4 is 17.4 Å². The van der Waals surface area contributed by atoms with Crippen molar-refractivity contribution in [2.45, 2.75) is 45.1 Å². The molecule has 118 valence electrons. The molecule has 8 heteroatoms. The van der Waals surface area contributed by atoms with Crippen LogP contribution in [0.1, 0.15) is 48.1 Å². The number of hydrogen-bond acceptors (Lipinski definition) is 6. The average Bonchev–Trinajstić information content (AvgIpc) is 3.09. The summed E-state index contributed by atoms with van der Waals surface area (Å²) in [5.74, 6) is 1.66. The van der Waals surface area contributed by atoms with Crippen molar-refractivity contribution < 1.29 is 9.32 Å². The molecule has 2 N–H and O–H groups in total. The predicted molar refractivity (Wildman–Crippen MR) is 81.7 cm³/mol. The first-order valence-corrected chi connectivity index (χ1v) is 8.40. The summed E-state index contributed by atoms with van der Waals surface area (Å²) in [6.45, 7) is 2.89. The van der Waals surface area contributed by atoms with Crippen molar-refractivity contribution in [1.29, 1.82) is 0 Å². The topological polar surface area (TPSA) is 92.9 Å². The molecule has 0 unspecified atom stereocenters. The molecular weight excluding hydrogens is 302 g/mol. The molecule has 0 saturated heterocycles. The Balaban J connectivity index is 1.35. The molecule has 0 radical (unpaired) electrons. The summed E-state index contributed by atoms with van der Waals surface area (Å²) in [5, 5.41) is 12.6. The van der Waals surface area contributed by atoms with Gasteiger partial charge in [0.15, 0.2) is 5.82 Å². The summed E-state index contributed by atoms with van der Waals surface area (Å²) in [7, 11) is 0. The predicted octanol–water partition coefficient (Wildman–Crippen LogP) is 2.01. The van der Waals surface area contributed by atoms with Gasteiger partial charge in [0.05, 0.1) is 17.2 Å². The summed E-state index contributed by atoms with van der Waals surface area (Å²) in [6, 6.07) is -0.239. The molecule has 2 amide bonds. The van der Waals surface area contributed by atoms with Crippen LogP contribution in [-0.2, 0) is 19.4 Å². The lowest BCUT2D eigenvalue weighted by Gasteiger charge is -2.04. The Morgan fingerprint density at radius 1 is 1.41 bits per heavy atom. The summed E-state index contributed by atoms with van der Waals surface area (Å²) < 4.78 is 5.09. The van der Waals surface area contributed by atoms with Crippen molar-refractivity contribution in [3.05, 3.63) is 27.8 Å². The monoisotopic (exact) mass is 321 g/mol. The van der Waals surface area contributed by atoms with Gasteiger partial charge in [-0.25, -0.2) is 9.78 Å². The lowest BCUT2D eigenvalue weighted by Crippen LogP contribution is -2.36. The third-order valence-electron chi connectivity index (χ3n) is 3.39. The molecular formula is C14H19N5O2S. The van der Waals surface area contributed by atoms with Gasteiger partial charge in [0.25, 0.3) is 0 Å². The largest absolute Gasteiger partial charge is 0.338 e. The summed E-state index contributed by atoms with van der Waals surface area (Å²) in [4.78, 5) is 20.4. The Labute approximate surface area is 132 Å². The van der Waals surface area contributed by atoms with E-state index in [0.29, 0.717) is 18.4 Å². The zero-order valence-corrected chi connectivity index (χ0v) is 13.3. The Morgan fingerprint density at radius 2 is 2.27 bits per heavy atom. The minimum atomic E-state index is -0.239. The van der Waals surface area contributed by atoms with Crippen molar-refractivity contribution in [3.63, 3.8) is 0 Å². The number of urea groups is 1. The van der Waals surface area contributed by atoms with Gasteiger partial charge in [-0.05, 0) is 19.3 Å². The minimum absolute atomic E-state index is 0.239. The zero-order chi connectivity index (χ0) is 15.4. The van der Waals surface area contributed by atoms with Gasteiger partial charge in [0.2, 0.25) is 5.89 Å². The Morgan fingerprint density at radius 3 is 3.00 bits per heavy atom. The van der Waals surface area contributed by atoms with Crippen molar-refractivity contribution in [3.8, 4) is 0 Å². The highest BCUT2D eigenvalue weighted by Gasteiger charge is 2.28. The summed E-state index contributed by atoms with van der Waals surface area (Å²) in [5.41, 5.74) is 1.02. The van der Waals surface area contributed by atoms with Gasteiger partial charge >= 0.3 is 6.03 Å². The second-order valence-electron chi connectivity index (χ2n) is 5.27. The average molecular weight is 321 g/mol. The molecule has 1 fully saturated rings. The van der Waals surface area contributed by atoms with Crippen LogP contribution in [0.3, 0.4) is 0 Å². The maximum atomic E-state index is 11.7. The third kappa shape index (κ3) is 4.03. The molecule has 1 saturated carbocycles. The molecule has 0 spiro atoms. The van der Waals surface area contributed by atoms with Crippen LogP contribution >= 0.6 is 11.3 Å². The van der Waals surface area contributed by atoms with Gasteiger partial charge in [0.1, 0.15) is 0 Å². The maximum absolute atomic E-state index is 11.7. The van der Waals surface area contributed by atoms with E-state index in [2.05, 4.69) is 32.7 Å². The number of carbonyl (C=O) groups excluding carboxylic acids is 1. The van der Waals surface area contributed by atoms with E-state index in [0.717, 1.165) is 42.2 Å². The number of nitrogens with zero attached hydrogens (tertiary/aromatic N) is 3. The van der Waals surface area contributed by atoms with Gasteiger partial charge < -0.3 is 15.2 Å². The quantitative estimate of drug-likeness (QED) is 0.813. The molecule has 7 nitrogen and oxygen atoms in total. The Kier molecular flexibility index (Phi) is 4.67. The number of amides is 2. The van der Waals surface area contributed by atoms with E-state index in [1.165, 1.54) is 0 Å². The summed E-state index contributed by atoms with van der Waals surface area (Å²) >= 11 is 1.66. The van der Waals surface area contributed by atoms with Gasteiger partial charge in [-0.1, -0.05) is 12.1 Å². The second kappa shape index (κ2) is 6.87.